The molecule has 0 aromatic heterocycles. The molecule has 0 amide bonds. The second kappa shape index (κ2) is 9.10. The van der Waals surface area contributed by atoms with Crippen molar-refractivity contribution < 1.29 is 42.2 Å². The number of benzene rings is 2. The molecule has 0 spiro atoms. The fourth-order valence-electron chi connectivity index (χ4n) is 3.26. The van der Waals surface area contributed by atoms with Gasteiger partial charge in [0.1, 0.15) is 5.75 Å². The minimum absolute atomic E-state index is 0. The molecule has 2 aromatic rings. The first-order valence-electron chi connectivity index (χ1n) is 8.84. The van der Waals surface area contributed by atoms with E-state index in [1.807, 2.05) is 30.3 Å². The Labute approximate surface area is 176 Å². The SMILES string of the molecule is Cc1[c-]cc(-c2ccc(OC(=O)C3CCC(C)CC3)cc2)cc1C.[Y+3]. The van der Waals surface area contributed by atoms with Crippen molar-refractivity contribution >= 4 is 5.97 Å². The summed E-state index contributed by atoms with van der Waals surface area (Å²) in [6.45, 7) is 6.41. The smallest absolute Gasteiger partial charge is 0.426 e. The molecule has 0 unspecified atom stereocenters. The van der Waals surface area contributed by atoms with Gasteiger partial charge in [0.05, 0.1) is 5.92 Å². The molecule has 0 heterocycles. The van der Waals surface area contributed by atoms with E-state index in [4.69, 9.17) is 4.74 Å². The van der Waals surface area contributed by atoms with Crippen LogP contribution in [-0.4, -0.2) is 5.97 Å². The largest absolute Gasteiger partial charge is 3.00 e. The monoisotopic (exact) mass is 410 g/mol. The zero-order valence-corrected chi connectivity index (χ0v) is 18.2. The van der Waals surface area contributed by atoms with E-state index in [2.05, 4.69) is 32.9 Å². The molecule has 3 heteroatoms. The zero-order valence-electron chi connectivity index (χ0n) is 15.3. The molecule has 126 valence electrons. The van der Waals surface area contributed by atoms with Crippen LogP contribution in [-0.2, 0) is 37.5 Å². The number of rotatable bonds is 3. The predicted molar refractivity (Wildman–Crippen MR) is 96.9 cm³/mol. The third-order valence-corrected chi connectivity index (χ3v) is 5.16. The molecule has 25 heavy (non-hydrogen) atoms. The molecular formula is C22H25O2Y+2. The summed E-state index contributed by atoms with van der Waals surface area (Å²) in [6, 6.07) is 15.2. The van der Waals surface area contributed by atoms with E-state index in [1.54, 1.807) is 0 Å². The maximum absolute atomic E-state index is 12.3. The van der Waals surface area contributed by atoms with Gasteiger partial charge in [-0.3, -0.25) is 4.79 Å². The number of carbonyl (C=O) groups excluding carboxylic acids is 1. The molecule has 0 saturated heterocycles. The third kappa shape index (κ3) is 5.25. The van der Waals surface area contributed by atoms with Gasteiger partial charge in [0.25, 0.3) is 0 Å². The molecule has 1 saturated carbocycles. The van der Waals surface area contributed by atoms with Gasteiger partial charge in [-0.25, -0.2) is 0 Å². The van der Waals surface area contributed by atoms with Crippen LogP contribution < -0.4 is 4.74 Å². The topological polar surface area (TPSA) is 26.3 Å². The standard InChI is InChI=1S/C22H25O2.Y/c1-15-4-7-19(8-5-15)22(23)24-21-12-10-18(11-13-21)20-9-6-16(2)17(3)14-20;/h9-15,19H,4-5,7-8H2,1-3H3;/q-1;+3. The summed E-state index contributed by atoms with van der Waals surface area (Å²) in [5.74, 6) is 1.36. The molecule has 0 aliphatic heterocycles. The maximum Gasteiger partial charge on any atom is 3.00 e. The van der Waals surface area contributed by atoms with Crippen molar-refractivity contribution in [3.05, 3.63) is 53.6 Å². The molecule has 0 bridgehead atoms. The molecule has 1 aliphatic carbocycles. The van der Waals surface area contributed by atoms with Crippen LogP contribution in [0.2, 0.25) is 0 Å². The van der Waals surface area contributed by atoms with E-state index in [1.165, 1.54) is 11.1 Å². The second-order valence-corrected chi connectivity index (χ2v) is 7.10. The van der Waals surface area contributed by atoms with Crippen LogP contribution in [0.5, 0.6) is 5.75 Å². The van der Waals surface area contributed by atoms with Gasteiger partial charge in [0.2, 0.25) is 0 Å². The quantitative estimate of drug-likeness (QED) is 0.380. The van der Waals surface area contributed by atoms with Gasteiger partial charge in [-0.15, -0.1) is 5.56 Å². The number of esters is 1. The molecular weight excluding hydrogens is 385 g/mol. The molecule has 3 rings (SSSR count). The summed E-state index contributed by atoms with van der Waals surface area (Å²) in [5.41, 5.74) is 4.65. The van der Waals surface area contributed by atoms with Crippen LogP contribution in [0, 0.1) is 31.7 Å². The van der Waals surface area contributed by atoms with Crippen molar-refractivity contribution in [2.24, 2.45) is 11.8 Å². The Morgan fingerprint density at radius 1 is 1.04 bits per heavy atom. The molecule has 0 atom stereocenters. The van der Waals surface area contributed by atoms with Crippen LogP contribution in [0.25, 0.3) is 11.1 Å². The fraction of sp³-hybridized carbons (Fsp3) is 0.409. The molecule has 0 radical (unpaired) electrons. The molecule has 0 N–H and O–H groups in total. The summed E-state index contributed by atoms with van der Waals surface area (Å²) >= 11 is 0. The minimum atomic E-state index is -0.0748. The second-order valence-electron chi connectivity index (χ2n) is 7.10. The normalized spacial score (nSPS) is 19.8. The van der Waals surface area contributed by atoms with Crippen molar-refractivity contribution in [3.63, 3.8) is 0 Å². The van der Waals surface area contributed by atoms with Crippen LogP contribution >= 0.6 is 0 Å². The van der Waals surface area contributed by atoms with E-state index in [-0.39, 0.29) is 44.6 Å². The van der Waals surface area contributed by atoms with Crippen molar-refractivity contribution in [2.45, 2.75) is 46.5 Å². The molecule has 1 fully saturated rings. The summed E-state index contributed by atoms with van der Waals surface area (Å²) < 4.78 is 5.58. The Balaban J connectivity index is 0.00000225. The first kappa shape index (κ1) is 20.3. The average molecular weight is 410 g/mol. The van der Waals surface area contributed by atoms with Crippen LogP contribution in [0.3, 0.4) is 0 Å². The van der Waals surface area contributed by atoms with Gasteiger partial charge in [0, 0.05) is 0 Å². The summed E-state index contributed by atoms with van der Waals surface area (Å²) in [4.78, 5) is 12.3. The number of hydrogen-bond donors (Lipinski definition) is 0. The predicted octanol–water partition coefficient (Wildman–Crippen LogP) is 5.50. The van der Waals surface area contributed by atoms with Crippen molar-refractivity contribution in [3.8, 4) is 16.9 Å². The first-order chi connectivity index (χ1) is 11.5. The number of carbonyl (C=O) groups is 1. The molecule has 2 nitrogen and oxygen atoms in total. The van der Waals surface area contributed by atoms with Gasteiger partial charge in [-0.1, -0.05) is 38.5 Å². The maximum atomic E-state index is 12.3. The summed E-state index contributed by atoms with van der Waals surface area (Å²) in [5, 5.41) is 0. The van der Waals surface area contributed by atoms with Gasteiger partial charge < -0.3 is 4.74 Å². The third-order valence-electron chi connectivity index (χ3n) is 5.16. The Kier molecular flexibility index (Phi) is 7.40. The number of aryl methyl sites for hydroxylation is 2. The summed E-state index contributed by atoms with van der Waals surface area (Å²) in [6.07, 6.45) is 4.16. The first-order valence-corrected chi connectivity index (χ1v) is 8.84. The zero-order chi connectivity index (χ0) is 17.1. The minimum Gasteiger partial charge on any atom is -0.426 e. The Morgan fingerprint density at radius 2 is 1.68 bits per heavy atom. The Bertz CT molecular complexity index is 713. The van der Waals surface area contributed by atoms with E-state index < -0.39 is 0 Å². The van der Waals surface area contributed by atoms with Gasteiger partial charge in [-0.05, 0) is 43.7 Å². The van der Waals surface area contributed by atoms with E-state index >= 15 is 0 Å². The van der Waals surface area contributed by atoms with Gasteiger partial charge in [-0.2, -0.15) is 29.3 Å². The van der Waals surface area contributed by atoms with Crippen molar-refractivity contribution in [1.82, 2.24) is 0 Å². The van der Waals surface area contributed by atoms with E-state index in [9.17, 15) is 4.79 Å². The summed E-state index contributed by atoms with van der Waals surface area (Å²) in [7, 11) is 0. The fourth-order valence-corrected chi connectivity index (χ4v) is 3.26. The number of hydrogen-bond acceptors (Lipinski definition) is 2. The van der Waals surface area contributed by atoms with Crippen LogP contribution in [0.1, 0.15) is 43.7 Å². The van der Waals surface area contributed by atoms with Crippen LogP contribution in [0.4, 0.5) is 0 Å². The average Bonchev–Trinajstić information content (AvgIpc) is 2.58. The van der Waals surface area contributed by atoms with Crippen LogP contribution in [0.15, 0.2) is 36.4 Å². The van der Waals surface area contributed by atoms with E-state index in [0.29, 0.717) is 5.75 Å². The van der Waals surface area contributed by atoms with Gasteiger partial charge in [0.15, 0.2) is 0 Å². The van der Waals surface area contributed by atoms with Crippen molar-refractivity contribution in [2.75, 3.05) is 0 Å². The van der Waals surface area contributed by atoms with Gasteiger partial charge >= 0.3 is 38.7 Å². The molecule has 2 aromatic carbocycles. The van der Waals surface area contributed by atoms with E-state index in [0.717, 1.165) is 42.7 Å². The molecule has 1 aliphatic rings. The number of ether oxygens (including phenoxy) is 1. The Hall–Kier alpha value is -0.986. The Morgan fingerprint density at radius 3 is 2.28 bits per heavy atom. The van der Waals surface area contributed by atoms with Crippen molar-refractivity contribution in [1.29, 1.82) is 0 Å².